The third-order valence-electron chi connectivity index (χ3n) is 2.28. The summed E-state index contributed by atoms with van der Waals surface area (Å²) in [6, 6.07) is 0. The average Bonchev–Trinajstić information content (AvgIpc) is 2.93. The normalized spacial score (nSPS) is 10.9. The van der Waals surface area contributed by atoms with Crippen molar-refractivity contribution in [2.45, 2.75) is 13.5 Å². The number of rotatable bonds is 6. The highest BCUT2D eigenvalue weighted by Crippen LogP contribution is 2.27. The molecule has 0 saturated heterocycles. The van der Waals surface area contributed by atoms with Gasteiger partial charge in [0.15, 0.2) is 5.76 Å². The van der Waals surface area contributed by atoms with Gasteiger partial charge in [-0.1, -0.05) is 0 Å². The summed E-state index contributed by atoms with van der Waals surface area (Å²) in [5.41, 5.74) is 2.79. The van der Waals surface area contributed by atoms with Crippen LogP contribution in [0.3, 0.4) is 0 Å². The van der Waals surface area contributed by atoms with Gasteiger partial charge in [0, 0.05) is 13.7 Å². The van der Waals surface area contributed by atoms with Gasteiger partial charge in [0.25, 0.3) is 0 Å². The molecule has 0 atom stereocenters. The summed E-state index contributed by atoms with van der Waals surface area (Å²) >= 11 is 1.56. The van der Waals surface area contributed by atoms with Crippen LogP contribution in [0.25, 0.3) is 10.6 Å². The molecule has 17 heavy (non-hydrogen) atoms. The Morgan fingerprint density at radius 2 is 2.35 bits per heavy atom. The van der Waals surface area contributed by atoms with Crippen molar-refractivity contribution < 1.29 is 9.15 Å². The standard InChI is InChI=1S/C11H15N3O2S/c1-8-11(17-7-14-8)9-5-13-10(16-9)6-12-3-4-15-2/h5,7,12H,3-4,6H2,1-2H3. The highest BCUT2D eigenvalue weighted by Gasteiger charge is 2.10. The molecule has 0 fully saturated rings. The number of ether oxygens (including phenoxy) is 1. The van der Waals surface area contributed by atoms with E-state index in [0.717, 1.165) is 22.9 Å². The lowest BCUT2D eigenvalue weighted by Crippen LogP contribution is -2.18. The van der Waals surface area contributed by atoms with Crippen LogP contribution in [0.15, 0.2) is 16.1 Å². The van der Waals surface area contributed by atoms with E-state index in [1.807, 2.05) is 12.4 Å². The first-order chi connectivity index (χ1) is 8.31. The number of thiazole rings is 1. The zero-order valence-corrected chi connectivity index (χ0v) is 10.7. The number of oxazole rings is 1. The quantitative estimate of drug-likeness (QED) is 0.796. The summed E-state index contributed by atoms with van der Waals surface area (Å²) in [7, 11) is 1.68. The predicted octanol–water partition coefficient (Wildman–Crippen LogP) is 1.84. The molecule has 0 aliphatic carbocycles. The third-order valence-corrected chi connectivity index (χ3v) is 3.23. The van der Waals surface area contributed by atoms with Crippen LogP contribution in [0.2, 0.25) is 0 Å². The Balaban J connectivity index is 1.95. The first-order valence-corrected chi connectivity index (χ1v) is 6.24. The van der Waals surface area contributed by atoms with Crippen LogP contribution in [0, 0.1) is 6.92 Å². The van der Waals surface area contributed by atoms with Crippen LogP contribution in [0.5, 0.6) is 0 Å². The van der Waals surface area contributed by atoms with Gasteiger partial charge in [0.1, 0.15) is 0 Å². The van der Waals surface area contributed by atoms with Gasteiger partial charge in [-0.3, -0.25) is 0 Å². The molecular formula is C11H15N3O2S. The Labute approximate surface area is 104 Å². The summed E-state index contributed by atoms with van der Waals surface area (Å²) in [5.74, 6) is 1.47. The molecule has 2 aromatic heterocycles. The molecule has 2 rings (SSSR count). The minimum atomic E-state index is 0.612. The second-order valence-corrected chi connectivity index (χ2v) is 4.41. The monoisotopic (exact) mass is 253 g/mol. The zero-order valence-electron chi connectivity index (χ0n) is 9.90. The van der Waals surface area contributed by atoms with E-state index >= 15 is 0 Å². The van der Waals surface area contributed by atoms with Gasteiger partial charge in [0.2, 0.25) is 5.89 Å². The number of hydrogen-bond donors (Lipinski definition) is 1. The van der Waals surface area contributed by atoms with Crippen LogP contribution in [-0.2, 0) is 11.3 Å². The molecule has 0 aromatic carbocycles. The Hall–Kier alpha value is -1.24. The maximum Gasteiger partial charge on any atom is 0.208 e. The van der Waals surface area contributed by atoms with Crippen LogP contribution in [0.1, 0.15) is 11.6 Å². The fourth-order valence-corrected chi connectivity index (χ4v) is 2.15. The minimum absolute atomic E-state index is 0.612. The van der Waals surface area contributed by atoms with Crippen LogP contribution >= 0.6 is 11.3 Å². The number of aromatic nitrogens is 2. The van der Waals surface area contributed by atoms with Crippen molar-refractivity contribution in [3.63, 3.8) is 0 Å². The van der Waals surface area contributed by atoms with Gasteiger partial charge in [-0.2, -0.15) is 0 Å². The molecule has 5 nitrogen and oxygen atoms in total. The van der Waals surface area contributed by atoms with Crippen molar-refractivity contribution in [3.05, 3.63) is 23.3 Å². The lowest BCUT2D eigenvalue weighted by atomic mass is 10.3. The van der Waals surface area contributed by atoms with Crippen molar-refractivity contribution in [2.24, 2.45) is 0 Å². The molecule has 0 aliphatic rings. The van der Waals surface area contributed by atoms with Gasteiger partial charge in [-0.25, -0.2) is 9.97 Å². The van der Waals surface area contributed by atoms with Crippen molar-refractivity contribution in [1.82, 2.24) is 15.3 Å². The fourth-order valence-electron chi connectivity index (χ4n) is 1.40. The topological polar surface area (TPSA) is 60.2 Å². The van der Waals surface area contributed by atoms with E-state index in [0.29, 0.717) is 19.0 Å². The zero-order chi connectivity index (χ0) is 12.1. The Morgan fingerprint density at radius 1 is 1.47 bits per heavy atom. The number of hydrogen-bond acceptors (Lipinski definition) is 6. The van der Waals surface area contributed by atoms with Crippen molar-refractivity contribution in [1.29, 1.82) is 0 Å². The van der Waals surface area contributed by atoms with Gasteiger partial charge in [-0.15, -0.1) is 11.3 Å². The summed E-state index contributed by atoms with van der Waals surface area (Å²) < 4.78 is 10.6. The number of methoxy groups -OCH3 is 1. The SMILES string of the molecule is COCCNCc1ncc(-c2scnc2C)o1. The predicted molar refractivity (Wildman–Crippen MR) is 65.9 cm³/mol. The molecule has 1 N–H and O–H groups in total. The second-order valence-electron chi connectivity index (χ2n) is 3.55. The molecular weight excluding hydrogens is 238 g/mol. The van der Waals surface area contributed by atoms with Gasteiger partial charge < -0.3 is 14.5 Å². The third kappa shape index (κ3) is 3.12. The average molecular weight is 253 g/mol. The molecule has 0 aliphatic heterocycles. The van der Waals surface area contributed by atoms with E-state index in [2.05, 4.69) is 15.3 Å². The molecule has 0 radical (unpaired) electrons. The summed E-state index contributed by atoms with van der Waals surface area (Å²) in [4.78, 5) is 9.45. The van der Waals surface area contributed by atoms with Crippen LogP contribution in [0.4, 0.5) is 0 Å². The first-order valence-electron chi connectivity index (χ1n) is 5.36. The Bertz CT molecular complexity index is 467. The Kier molecular flexibility index (Phi) is 4.24. The molecule has 0 unspecified atom stereocenters. The number of nitrogens with one attached hydrogen (secondary N) is 1. The van der Waals surface area contributed by atoms with E-state index in [1.165, 1.54) is 0 Å². The first kappa shape index (κ1) is 12.2. The summed E-state index contributed by atoms with van der Waals surface area (Å²) in [6.45, 7) is 4.04. The number of nitrogens with zero attached hydrogens (tertiary/aromatic N) is 2. The molecule has 0 spiro atoms. The van der Waals surface area contributed by atoms with E-state index < -0.39 is 0 Å². The molecule has 92 valence electrons. The van der Waals surface area contributed by atoms with Crippen LogP contribution < -0.4 is 5.32 Å². The second kappa shape index (κ2) is 5.90. The lowest BCUT2D eigenvalue weighted by Gasteiger charge is -1.99. The largest absolute Gasteiger partial charge is 0.438 e. The smallest absolute Gasteiger partial charge is 0.208 e. The molecule has 0 amide bonds. The highest BCUT2D eigenvalue weighted by molar-refractivity contribution is 7.13. The van der Waals surface area contributed by atoms with Gasteiger partial charge in [-0.05, 0) is 6.92 Å². The fraction of sp³-hybridized carbons (Fsp3) is 0.455. The van der Waals surface area contributed by atoms with Gasteiger partial charge in [0.05, 0.1) is 35.4 Å². The van der Waals surface area contributed by atoms with E-state index in [9.17, 15) is 0 Å². The molecule has 2 aromatic rings. The van der Waals surface area contributed by atoms with E-state index in [1.54, 1.807) is 24.6 Å². The van der Waals surface area contributed by atoms with Crippen molar-refractivity contribution in [2.75, 3.05) is 20.3 Å². The van der Waals surface area contributed by atoms with Crippen molar-refractivity contribution in [3.8, 4) is 10.6 Å². The number of aryl methyl sites for hydroxylation is 1. The summed E-state index contributed by atoms with van der Waals surface area (Å²) in [6.07, 6.45) is 1.74. The maximum atomic E-state index is 5.65. The summed E-state index contributed by atoms with van der Waals surface area (Å²) in [5, 5.41) is 3.18. The molecule has 0 saturated carbocycles. The molecule has 0 bridgehead atoms. The van der Waals surface area contributed by atoms with E-state index in [4.69, 9.17) is 9.15 Å². The van der Waals surface area contributed by atoms with Gasteiger partial charge >= 0.3 is 0 Å². The minimum Gasteiger partial charge on any atom is -0.438 e. The molecule has 2 heterocycles. The van der Waals surface area contributed by atoms with Crippen LogP contribution in [-0.4, -0.2) is 30.2 Å². The Morgan fingerprint density at radius 3 is 3.06 bits per heavy atom. The van der Waals surface area contributed by atoms with E-state index in [-0.39, 0.29) is 0 Å². The van der Waals surface area contributed by atoms with Crippen molar-refractivity contribution >= 4 is 11.3 Å². The highest BCUT2D eigenvalue weighted by atomic mass is 32.1. The molecule has 6 heteroatoms. The maximum absolute atomic E-state index is 5.65. The lowest BCUT2D eigenvalue weighted by molar-refractivity contribution is 0.198.